The second kappa shape index (κ2) is 5.04. The van der Waals surface area contributed by atoms with E-state index in [2.05, 4.69) is 6.92 Å². The molecule has 1 aromatic heterocycles. The summed E-state index contributed by atoms with van der Waals surface area (Å²) >= 11 is 0. The first kappa shape index (κ1) is 12.8. The molecule has 0 spiro atoms. The summed E-state index contributed by atoms with van der Waals surface area (Å²) in [5.74, 6) is 1.96. The molecule has 0 bridgehead atoms. The lowest BCUT2D eigenvalue weighted by molar-refractivity contribution is 0.0418. The van der Waals surface area contributed by atoms with Crippen LogP contribution in [0.3, 0.4) is 0 Å². The fraction of sp³-hybridized carbons (Fsp3) is 0.312. The van der Waals surface area contributed by atoms with Crippen LogP contribution in [0.5, 0.6) is 5.75 Å². The van der Waals surface area contributed by atoms with Crippen molar-refractivity contribution in [1.29, 1.82) is 0 Å². The summed E-state index contributed by atoms with van der Waals surface area (Å²) in [4.78, 5) is 11.9. The normalized spacial score (nSPS) is 16.9. The van der Waals surface area contributed by atoms with E-state index in [0.717, 1.165) is 24.2 Å². The van der Waals surface area contributed by atoms with Crippen molar-refractivity contribution >= 4 is 5.97 Å². The van der Waals surface area contributed by atoms with Crippen LogP contribution in [0.2, 0.25) is 0 Å². The number of ether oxygens (including phenoxy) is 2. The maximum Gasteiger partial charge on any atom is 0.339 e. The number of furan rings is 1. The number of rotatable bonds is 4. The fourth-order valence-electron chi connectivity index (χ4n) is 2.43. The first-order chi connectivity index (χ1) is 9.72. The molecule has 0 N–H and O–H groups in total. The largest absolute Gasteiger partial charge is 0.497 e. The molecule has 20 heavy (non-hydrogen) atoms. The minimum absolute atomic E-state index is 0.318. The summed E-state index contributed by atoms with van der Waals surface area (Å²) in [7, 11) is 1.60. The number of cyclic esters (lactones) is 1. The zero-order valence-electron chi connectivity index (χ0n) is 11.5. The summed E-state index contributed by atoms with van der Waals surface area (Å²) in [5, 5.41) is 0. The van der Waals surface area contributed by atoms with Gasteiger partial charge in [0.1, 0.15) is 17.3 Å². The fourth-order valence-corrected chi connectivity index (χ4v) is 2.43. The van der Waals surface area contributed by atoms with Gasteiger partial charge in [-0.05, 0) is 36.8 Å². The highest BCUT2D eigenvalue weighted by Gasteiger charge is 2.34. The lowest BCUT2D eigenvalue weighted by Gasteiger charge is -2.08. The molecule has 0 radical (unpaired) electrons. The molecule has 1 aliphatic heterocycles. The zero-order valence-corrected chi connectivity index (χ0v) is 11.5. The van der Waals surface area contributed by atoms with Gasteiger partial charge in [-0.15, -0.1) is 0 Å². The molecule has 2 aromatic rings. The van der Waals surface area contributed by atoms with Gasteiger partial charge in [-0.2, -0.15) is 0 Å². The average molecular weight is 272 g/mol. The van der Waals surface area contributed by atoms with Gasteiger partial charge in [-0.25, -0.2) is 4.79 Å². The molecule has 4 nitrogen and oxygen atoms in total. The molecule has 0 fully saturated rings. The maximum absolute atomic E-state index is 11.9. The van der Waals surface area contributed by atoms with Gasteiger partial charge < -0.3 is 13.9 Å². The molecule has 104 valence electrons. The van der Waals surface area contributed by atoms with Crippen LogP contribution in [0.25, 0.3) is 0 Å². The molecule has 1 atom stereocenters. The summed E-state index contributed by atoms with van der Waals surface area (Å²) < 4.78 is 16.4. The Bertz CT molecular complexity index is 642. The van der Waals surface area contributed by atoms with Crippen molar-refractivity contribution in [3.8, 4) is 5.75 Å². The van der Waals surface area contributed by atoms with Crippen molar-refractivity contribution in [2.45, 2.75) is 25.9 Å². The third-order valence-electron chi connectivity index (χ3n) is 3.42. The first-order valence-electron chi connectivity index (χ1n) is 6.70. The summed E-state index contributed by atoms with van der Waals surface area (Å²) in [6.07, 6.45) is 1.42. The second-order valence-electron chi connectivity index (χ2n) is 4.79. The van der Waals surface area contributed by atoms with Gasteiger partial charge in [0.05, 0.1) is 12.7 Å². The van der Waals surface area contributed by atoms with E-state index in [1.54, 1.807) is 19.2 Å². The number of aryl methyl sites for hydroxylation is 1. The first-order valence-corrected chi connectivity index (χ1v) is 6.70. The van der Waals surface area contributed by atoms with Crippen LogP contribution in [0.1, 0.15) is 46.9 Å². The predicted molar refractivity (Wildman–Crippen MR) is 73.0 cm³/mol. The van der Waals surface area contributed by atoms with Crippen molar-refractivity contribution < 1.29 is 18.7 Å². The van der Waals surface area contributed by atoms with Crippen molar-refractivity contribution in [2.75, 3.05) is 7.11 Å². The van der Waals surface area contributed by atoms with Gasteiger partial charge in [0.15, 0.2) is 6.10 Å². The standard InChI is InChI=1S/C16H16O4/c1-3-4-10-6-8-14(19-10)15-13-9-11(18-2)5-7-12(13)16(17)20-15/h5-9,15H,3-4H2,1-2H3. The Morgan fingerprint density at radius 1 is 1.25 bits per heavy atom. The molecule has 0 saturated heterocycles. The SMILES string of the molecule is CCCc1ccc(C2OC(=O)c3ccc(OC)cc32)o1. The lowest BCUT2D eigenvalue weighted by Crippen LogP contribution is -1.99. The van der Waals surface area contributed by atoms with E-state index in [1.807, 2.05) is 18.2 Å². The van der Waals surface area contributed by atoms with Gasteiger partial charge in [0.2, 0.25) is 0 Å². The van der Waals surface area contributed by atoms with Crippen LogP contribution in [-0.2, 0) is 11.2 Å². The Kier molecular flexibility index (Phi) is 3.22. The molecule has 1 unspecified atom stereocenters. The van der Waals surface area contributed by atoms with E-state index in [-0.39, 0.29) is 5.97 Å². The molecule has 4 heteroatoms. The second-order valence-corrected chi connectivity index (χ2v) is 4.79. The van der Waals surface area contributed by atoms with Gasteiger partial charge in [0.25, 0.3) is 0 Å². The summed E-state index contributed by atoms with van der Waals surface area (Å²) in [5.41, 5.74) is 1.37. The van der Waals surface area contributed by atoms with Crippen molar-refractivity contribution in [1.82, 2.24) is 0 Å². The van der Waals surface area contributed by atoms with E-state index in [4.69, 9.17) is 13.9 Å². The van der Waals surface area contributed by atoms with E-state index in [1.165, 1.54) is 0 Å². The van der Waals surface area contributed by atoms with Gasteiger partial charge in [-0.3, -0.25) is 0 Å². The Balaban J connectivity index is 1.98. The topological polar surface area (TPSA) is 48.7 Å². The van der Waals surface area contributed by atoms with Crippen LogP contribution in [0.15, 0.2) is 34.7 Å². The number of carbonyl (C=O) groups is 1. The highest BCUT2D eigenvalue weighted by Crippen LogP contribution is 2.38. The number of fused-ring (bicyclic) bond motifs is 1. The lowest BCUT2D eigenvalue weighted by atomic mass is 10.0. The smallest absolute Gasteiger partial charge is 0.339 e. The van der Waals surface area contributed by atoms with Crippen molar-refractivity contribution in [2.24, 2.45) is 0 Å². The number of hydrogen-bond donors (Lipinski definition) is 0. The van der Waals surface area contributed by atoms with E-state index in [0.29, 0.717) is 17.1 Å². The minimum atomic E-state index is -0.474. The molecule has 0 aliphatic carbocycles. The summed E-state index contributed by atoms with van der Waals surface area (Å²) in [6.45, 7) is 2.10. The highest BCUT2D eigenvalue weighted by atomic mass is 16.6. The van der Waals surface area contributed by atoms with Crippen molar-refractivity contribution in [3.05, 3.63) is 53.0 Å². The Morgan fingerprint density at radius 2 is 2.10 bits per heavy atom. The quantitative estimate of drug-likeness (QED) is 0.799. The van der Waals surface area contributed by atoms with Gasteiger partial charge in [-0.1, -0.05) is 6.92 Å². The number of carbonyl (C=O) groups excluding carboxylic acids is 1. The maximum atomic E-state index is 11.9. The molecule has 0 amide bonds. The third-order valence-corrected chi connectivity index (χ3v) is 3.42. The predicted octanol–water partition coefficient (Wildman–Crippen LogP) is 3.50. The number of methoxy groups -OCH3 is 1. The average Bonchev–Trinajstić information content (AvgIpc) is 3.04. The minimum Gasteiger partial charge on any atom is -0.497 e. The molecule has 1 aromatic carbocycles. The van der Waals surface area contributed by atoms with E-state index >= 15 is 0 Å². The van der Waals surface area contributed by atoms with E-state index in [9.17, 15) is 4.79 Å². The number of esters is 1. The Morgan fingerprint density at radius 3 is 2.85 bits per heavy atom. The molecular formula is C16H16O4. The van der Waals surface area contributed by atoms with Gasteiger partial charge >= 0.3 is 5.97 Å². The van der Waals surface area contributed by atoms with Crippen molar-refractivity contribution in [3.63, 3.8) is 0 Å². The van der Waals surface area contributed by atoms with Crippen LogP contribution >= 0.6 is 0 Å². The molecule has 2 heterocycles. The molecule has 1 aliphatic rings. The zero-order chi connectivity index (χ0) is 14.1. The van der Waals surface area contributed by atoms with Gasteiger partial charge in [0, 0.05) is 12.0 Å². The van der Waals surface area contributed by atoms with Crippen LogP contribution in [0, 0.1) is 0 Å². The molecule has 0 saturated carbocycles. The van der Waals surface area contributed by atoms with Crippen LogP contribution < -0.4 is 4.74 Å². The molecule has 3 rings (SSSR count). The van der Waals surface area contributed by atoms with E-state index < -0.39 is 6.10 Å². The van der Waals surface area contributed by atoms with Crippen LogP contribution in [-0.4, -0.2) is 13.1 Å². The molecular weight excluding hydrogens is 256 g/mol. The highest BCUT2D eigenvalue weighted by molar-refractivity contribution is 5.94. The summed E-state index contributed by atoms with van der Waals surface area (Å²) in [6, 6.07) is 9.12. The Labute approximate surface area is 117 Å². The number of hydrogen-bond acceptors (Lipinski definition) is 4. The monoisotopic (exact) mass is 272 g/mol. The number of benzene rings is 1. The van der Waals surface area contributed by atoms with Crippen LogP contribution in [0.4, 0.5) is 0 Å². The third kappa shape index (κ3) is 2.07. The Hall–Kier alpha value is -2.23.